The van der Waals surface area contributed by atoms with Crippen LogP contribution in [0.3, 0.4) is 0 Å². The molecule has 0 radical (unpaired) electrons. The van der Waals surface area contributed by atoms with Crippen molar-refractivity contribution in [1.82, 2.24) is 9.38 Å². The maximum Gasteiger partial charge on any atom is 0.303 e. The Labute approximate surface area is 144 Å². The molecule has 2 heterocycles. The van der Waals surface area contributed by atoms with Gasteiger partial charge in [0.1, 0.15) is 11.4 Å². The second-order valence-corrected chi connectivity index (χ2v) is 6.00. The number of carboxylic acids is 1. The average molecular weight is 345 g/mol. The van der Waals surface area contributed by atoms with E-state index in [4.69, 9.17) is 21.4 Å². The second kappa shape index (κ2) is 6.53. The fourth-order valence-electron chi connectivity index (χ4n) is 2.79. The molecule has 1 aromatic carbocycles. The maximum atomic E-state index is 11.0. The lowest BCUT2D eigenvalue weighted by Gasteiger charge is -2.08. The molecule has 1 N–H and O–H groups in total. The molecule has 24 heavy (non-hydrogen) atoms. The number of pyridine rings is 1. The Balaban J connectivity index is 2.16. The van der Waals surface area contributed by atoms with Crippen molar-refractivity contribution in [3.8, 4) is 17.0 Å². The Bertz CT molecular complexity index is 918. The van der Waals surface area contributed by atoms with Gasteiger partial charge in [-0.2, -0.15) is 0 Å². The molecule has 3 rings (SSSR count). The zero-order chi connectivity index (χ0) is 17.3. The molecule has 0 saturated heterocycles. The minimum Gasteiger partial charge on any atom is -0.496 e. The van der Waals surface area contributed by atoms with Crippen LogP contribution in [0.4, 0.5) is 0 Å². The Kier molecular flexibility index (Phi) is 4.44. The van der Waals surface area contributed by atoms with Crippen LogP contribution in [0.5, 0.6) is 5.75 Å². The molecule has 3 aromatic rings. The standard InChI is InChI=1S/C18H17ClN2O3/c1-11-9-12(3-6-15(11)24-2)18-14(5-8-17(22)23)21-10-13(19)4-7-16(21)20-18/h3-4,6-7,9-10H,5,8H2,1-2H3,(H,22,23). The molecule has 2 aromatic heterocycles. The van der Waals surface area contributed by atoms with E-state index >= 15 is 0 Å². The molecule has 0 atom stereocenters. The summed E-state index contributed by atoms with van der Waals surface area (Å²) in [5.74, 6) is -0.0403. The summed E-state index contributed by atoms with van der Waals surface area (Å²) in [7, 11) is 1.63. The van der Waals surface area contributed by atoms with Crippen LogP contribution in [0.25, 0.3) is 16.9 Å². The van der Waals surface area contributed by atoms with Gasteiger partial charge in [-0.05, 0) is 42.8 Å². The van der Waals surface area contributed by atoms with E-state index in [9.17, 15) is 4.79 Å². The van der Waals surface area contributed by atoms with E-state index in [1.807, 2.05) is 35.6 Å². The predicted molar refractivity (Wildman–Crippen MR) is 92.9 cm³/mol. The van der Waals surface area contributed by atoms with Crippen molar-refractivity contribution in [2.24, 2.45) is 0 Å². The van der Waals surface area contributed by atoms with Gasteiger partial charge in [-0.15, -0.1) is 0 Å². The third-order valence-electron chi connectivity index (χ3n) is 3.93. The summed E-state index contributed by atoms with van der Waals surface area (Å²) in [6.45, 7) is 1.96. The van der Waals surface area contributed by atoms with Crippen molar-refractivity contribution < 1.29 is 14.6 Å². The number of hydrogen-bond acceptors (Lipinski definition) is 3. The lowest BCUT2D eigenvalue weighted by molar-refractivity contribution is -0.136. The molecule has 124 valence electrons. The number of imidazole rings is 1. The number of aliphatic carboxylic acids is 1. The molecular weight excluding hydrogens is 328 g/mol. The van der Waals surface area contributed by atoms with E-state index in [0.717, 1.165) is 33.9 Å². The number of carboxylic acid groups (broad SMARTS) is 1. The summed E-state index contributed by atoms with van der Waals surface area (Å²) in [5, 5.41) is 9.62. The van der Waals surface area contributed by atoms with Crippen molar-refractivity contribution >= 4 is 23.2 Å². The number of aromatic nitrogens is 2. The zero-order valence-corrected chi connectivity index (χ0v) is 14.2. The molecule has 0 aliphatic carbocycles. The van der Waals surface area contributed by atoms with Crippen LogP contribution in [0.1, 0.15) is 17.7 Å². The number of halogens is 1. The second-order valence-electron chi connectivity index (χ2n) is 5.56. The SMILES string of the molecule is COc1ccc(-c2nc3ccc(Cl)cn3c2CCC(=O)O)cc1C. The number of ether oxygens (including phenoxy) is 1. The van der Waals surface area contributed by atoms with Gasteiger partial charge in [0.25, 0.3) is 0 Å². The van der Waals surface area contributed by atoms with Gasteiger partial charge in [-0.1, -0.05) is 11.6 Å². The van der Waals surface area contributed by atoms with Gasteiger partial charge in [0, 0.05) is 18.2 Å². The van der Waals surface area contributed by atoms with E-state index in [0.29, 0.717) is 11.4 Å². The Morgan fingerprint density at radius 1 is 1.33 bits per heavy atom. The molecule has 0 unspecified atom stereocenters. The Morgan fingerprint density at radius 3 is 2.79 bits per heavy atom. The highest BCUT2D eigenvalue weighted by Crippen LogP contribution is 2.30. The summed E-state index contributed by atoms with van der Waals surface area (Å²) in [6.07, 6.45) is 2.17. The summed E-state index contributed by atoms with van der Waals surface area (Å²) in [5.41, 5.74) is 4.26. The Morgan fingerprint density at radius 2 is 2.12 bits per heavy atom. The van der Waals surface area contributed by atoms with Crippen LogP contribution in [0.15, 0.2) is 36.5 Å². The van der Waals surface area contributed by atoms with Crippen LogP contribution >= 0.6 is 11.6 Å². The average Bonchev–Trinajstić information content (AvgIpc) is 2.90. The minimum absolute atomic E-state index is 0.0302. The number of methoxy groups -OCH3 is 1. The van der Waals surface area contributed by atoms with E-state index < -0.39 is 5.97 Å². The molecular formula is C18H17ClN2O3. The monoisotopic (exact) mass is 344 g/mol. The number of aryl methyl sites for hydroxylation is 2. The van der Waals surface area contributed by atoms with Gasteiger partial charge in [0.15, 0.2) is 0 Å². The Hall–Kier alpha value is -2.53. The zero-order valence-electron chi connectivity index (χ0n) is 13.4. The molecule has 6 heteroatoms. The van der Waals surface area contributed by atoms with Crippen molar-refractivity contribution in [3.05, 3.63) is 52.8 Å². The van der Waals surface area contributed by atoms with Crippen LogP contribution in [0, 0.1) is 6.92 Å². The van der Waals surface area contributed by atoms with E-state index in [1.54, 1.807) is 19.4 Å². The van der Waals surface area contributed by atoms with Gasteiger partial charge in [-0.25, -0.2) is 4.98 Å². The number of carbonyl (C=O) groups is 1. The normalized spacial score (nSPS) is 11.0. The van der Waals surface area contributed by atoms with Crippen LogP contribution in [0.2, 0.25) is 5.02 Å². The van der Waals surface area contributed by atoms with E-state index in [-0.39, 0.29) is 6.42 Å². The van der Waals surface area contributed by atoms with Gasteiger partial charge in [-0.3, -0.25) is 4.79 Å². The van der Waals surface area contributed by atoms with Gasteiger partial charge >= 0.3 is 5.97 Å². The van der Waals surface area contributed by atoms with Gasteiger partial charge in [0.2, 0.25) is 0 Å². The molecule has 0 fully saturated rings. The third-order valence-corrected chi connectivity index (χ3v) is 4.15. The highest BCUT2D eigenvalue weighted by atomic mass is 35.5. The molecule has 0 bridgehead atoms. The van der Waals surface area contributed by atoms with Crippen LogP contribution < -0.4 is 4.74 Å². The quantitative estimate of drug-likeness (QED) is 0.760. The van der Waals surface area contributed by atoms with Crippen LogP contribution in [-0.2, 0) is 11.2 Å². The van der Waals surface area contributed by atoms with Crippen LogP contribution in [-0.4, -0.2) is 27.6 Å². The van der Waals surface area contributed by atoms with Crippen molar-refractivity contribution in [2.75, 3.05) is 7.11 Å². The first-order chi connectivity index (χ1) is 11.5. The molecule has 0 saturated carbocycles. The number of fused-ring (bicyclic) bond motifs is 1. The number of nitrogens with zero attached hydrogens (tertiary/aromatic N) is 2. The molecule has 0 aliphatic heterocycles. The first-order valence-electron chi connectivity index (χ1n) is 7.53. The highest BCUT2D eigenvalue weighted by molar-refractivity contribution is 6.30. The fourth-order valence-corrected chi connectivity index (χ4v) is 2.95. The lowest BCUT2D eigenvalue weighted by Crippen LogP contribution is -2.01. The van der Waals surface area contributed by atoms with E-state index in [2.05, 4.69) is 4.98 Å². The lowest BCUT2D eigenvalue weighted by atomic mass is 10.0. The third kappa shape index (κ3) is 3.08. The summed E-state index contributed by atoms with van der Waals surface area (Å²) in [6, 6.07) is 9.41. The predicted octanol–water partition coefficient (Wildman–Crippen LogP) is 3.99. The summed E-state index contributed by atoms with van der Waals surface area (Å²) < 4.78 is 7.16. The topological polar surface area (TPSA) is 63.8 Å². The first kappa shape index (κ1) is 16.3. The van der Waals surface area contributed by atoms with Crippen molar-refractivity contribution in [1.29, 1.82) is 0 Å². The fraction of sp³-hybridized carbons (Fsp3) is 0.222. The number of hydrogen-bond donors (Lipinski definition) is 1. The minimum atomic E-state index is -0.844. The largest absolute Gasteiger partial charge is 0.496 e. The molecule has 0 spiro atoms. The van der Waals surface area contributed by atoms with Gasteiger partial charge < -0.3 is 14.2 Å². The summed E-state index contributed by atoms with van der Waals surface area (Å²) >= 11 is 6.09. The number of benzene rings is 1. The highest BCUT2D eigenvalue weighted by Gasteiger charge is 2.16. The van der Waals surface area contributed by atoms with E-state index in [1.165, 1.54) is 0 Å². The molecule has 5 nitrogen and oxygen atoms in total. The smallest absolute Gasteiger partial charge is 0.303 e. The summed E-state index contributed by atoms with van der Waals surface area (Å²) in [4.78, 5) is 15.7. The first-order valence-corrected chi connectivity index (χ1v) is 7.90. The van der Waals surface area contributed by atoms with Crippen molar-refractivity contribution in [2.45, 2.75) is 19.8 Å². The van der Waals surface area contributed by atoms with Crippen molar-refractivity contribution in [3.63, 3.8) is 0 Å². The molecule has 0 aliphatic rings. The maximum absolute atomic E-state index is 11.0. The molecule has 0 amide bonds. The number of rotatable bonds is 5. The van der Waals surface area contributed by atoms with Gasteiger partial charge in [0.05, 0.1) is 29.9 Å².